The molecule has 0 aromatic carbocycles. The fourth-order valence-corrected chi connectivity index (χ4v) is 28.7. The Morgan fingerprint density at radius 2 is 0.851 bits per heavy atom. The van der Waals surface area contributed by atoms with Crippen LogP contribution in [-0.2, 0) is 58.3 Å². The van der Waals surface area contributed by atoms with Crippen molar-refractivity contribution in [2.75, 3.05) is 54.6 Å². The molecule has 5 aromatic heterocycles. The number of hydrogen-bond acceptors (Lipinski definition) is 26. The summed E-state index contributed by atoms with van der Waals surface area (Å²) >= 11 is 16.8. The number of thiol groups is 1. The normalized spacial score (nSPS) is 23.0. The number of H-pyrrole nitrogens is 1. The summed E-state index contributed by atoms with van der Waals surface area (Å²) in [5.41, 5.74) is 2.51. The molecule has 0 saturated carbocycles. The van der Waals surface area contributed by atoms with Crippen molar-refractivity contribution >= 4 is 171 Å². The van der Waals surface area contributed by atoms with E-state index in [1.54, 1.807) is 66.4 Å². The van der Waals surface area contributed by atoms with Gasteiger partial charge in [0.2, 0.25) is 5.89 Å². The molecule has 4 aliphatic heterocycles. The molecular formula is C51H69BrN6O17S12. The van der Waals surface area contributed by atoms with Crippen LogP contribution in [0.1, 0.15) is 133 Å². The molecule has 484 valence electrons. The Labute approximate surface area is 550 Å². The number of aromatic amines is 1. The molecule has 4 amide bonds. The third-order valence-corrected chi connectivity index (χ3v) is 34.5. The van der Waals surface area contributed by atoms with E-state index in [2.05, 4.69) is 51.0 Å². The van der Waals surface area contributed by atoms with Crippen molar-refractivity contribution in [3.05, 3.63) is 61.0 Å². The molecule has 0 fully saturated rings. The summed E-state index contributed by atoms with van der Waals surface area (Å²) in [6.07, 6.45) is -0.586. The minimum absolute atomic E-state index is 0.250. The van der Waals surface area contributed by atoms with Crippen molar-refractivity contribution in [2.24, 2.45) is 0 Å². The van der Waals surface area contributed by atoms with Crippen molar-refractivity contribution < 1.29 is 76.2 Å². The molecular weight excluding hydrogens is 1430 g/mol. The Hall–Kier alpha value is -3.43. The highest BCUT2D eigenvalue weighted by Gasteiger charge is 2.46. The zero-order chi connectivity index (χ0) is 65.0. The van der Waals surface area contributed by atoms with E-state index in [1.807, 2.05) is 39.8 Å². The summed E-state index contributed by atoms with van der Waals surface area (Å²) in [5, 5.41) is 3.74. The maximum Gasteiger partial charge on any atom is 0.409 e. The zero-order valence-corrected chi connectivity index (χ0v) is 61.0. The Kier molecular flexibility index (Phi) is 25.0. The molecule has 9 rings (SSSR count). The maximum atomic E-state index is 13.2. The zero-order valence-electron chi connectivity index (χ0n) is 49.6. The number of carbonyl (C=O) groups is 4. The molecule has 87 heavy (non-hydrogen) atoms. The van der Waals surface area contributed by atoms with E-state index in [1.165, 1.54) is 61.4 Å². The number of hydrogen-bond donors (Lipinski definition) is 2. The van der Waals surface area contributed by atoms with Gasteiger partial charge in [0, 0.05) is 55.4 Å². The van der Waals surface area contributed by atoms with E-state index in [0.29, 0.717) is 84.6 Å². The van der Waals surface area contributed by atoms with E-state index < -0.39 is 96.8 Å². The number of nitrogens with zero attached hydrogens (tertiary/aromatic N) is 5. The van der Waals surface area contributed by atoms with Gasteiger partial charge in [-0.05, 0) is 155 Å². The van der Waals surface area contributed by atoms with Crippen LogP contribution in [0.2, 0.25) is 0 Å². The van der Waals surface area contributed by atoms with Gasteiger partial charge in [0.25, 0.3) is 4.84 Å². The van der Waals surface area contributed by atoms with E-state index in [-0.39, 0.29) is 33.3 Å². The Bertz CT molecular complexity index is 3620. The van der Waals surface area contributed by atoms with Gasteiger partial charge in [0.15, 0.2) is 39.3 Å². The predicted molar refractivity (Wildman–Crippen MR) is 346 cm³/mol. The van der Waals surface area contributed by atoms with Gasteiger partial charge >= 0.3 is 24.4 Å². The largest absolute Gasteiger partial charge is 0.453 e. The molecule has 23 nitrogen and oxygen atoms in total. The van der Waals surface area contributed by atoms with Gasteiger partial charge in [-0.1, -0.05) is 0 Å². The van der Waals surface area contributed by atoms with E-state index in [0.717, 1.165) is 46.2 Å². The molecule has 4 aliphatic rings. The molecule has 0 radical (unpaired) electrons. The SMILES string of the molecule is CCN(C(=O)OC)[C@H]1C[C@H](C)S(=O)(=O)c2sc(Br)cc21.CCN(C(=O)OC)[C@H]1C[C@H](C)S(=O)(=O)c2sc(S)cc21.CCN(C(=O)OC)[C@H]1C[C@H](C)S(=O)(=O)c2sc(SSc3cc4c(s3)S(=O)(=O)[C@@H](C)C[C@@H]4N(CC)C(=O)OC)cc21.Cc1n[nH]c(=S)o1. The number of aryl methyl sites for hydroxylation is 1. The van der Waals surface area contributed by atoms with Crippen LogP contribution in [0.15, 0.2) is 61.9 Å². The lowest BCUT2D eigenvalue weighted by atomic mass is 10.0. The molecule has 0 spiro atoms. The quantitative estimate of drug-likeness (QED) is 0.0537. The van der Waals surface area contributed by atoms with Crippen LogP contribution in [0, 0.1) is 11.8 Å². The number of rotatable bonds is 11. The number of carbonyl (C=O) groups excluding carboxylic acids is 4. The van der Waals surface area contributed by atoms with Gasteiger partial charge in [-0.15, -0.1) is 63.1 Å². The van der Waals surface area contributed by atoms with Gasteiger partial charge in [0.1, 0.15) is 16.8 Å². The minimum atomic E-state index is -3.55. The van der Waals surface area contributed by atoms with Crippen LogP contribution < -0.4 is 0 Å². The second-order valence-electron chi connectivity index (χ2n) is 20.0. The van der Waals surface area contributed by atoms with Gasteiger partial charge in [0.05, 0.1) is 90.0 Å². The van der Waals surface area contributed by atoms with Crippen molar-refractivity contribution in [1.82, 2.24) is 29.8 Å². The highest BCUT2D eigenvalue weighted by molar-refractivity contribution is 9.11. The second kappa shape index (κ2) is 29.9. The third kappa shape index (κ3) is 15.4. The van der Waals surface area contributed by atoms with E-state index in [9.17, 15) is 52.8 Å². The average molecular weight is 1500 g/mol. The highest BCUT2D eigenvalue weighted by atomic mass is 79.9. The fourth-order valence-electron chi connectivity index (χ4n) is 10.3. The van der Waals surface area contributed by atoms with Gasteiger partial charge in [-0.25, -0.2) is 57.9 Å². The van der Waals surface area contributed by atoms with Crippen molar-refractivity contribution in [2.45, 2.75) is 163 Å². The monoisotopic (exact) mass is 1500 g/mol. The first-order valence-corrected chi connectivity index (χ1v) is 40.1. The molecule has 36 heteroatoms. The minimum Gasteiger partial charge on any atom is -0.453 e. The summed E-state index contributed by atoms with van der Waals surface area (Å²) < 4.78 is 130. The topological polar surface area (TPSA) is 297 Å². The Balaban J connectivity index is 0.000000214. The number of methoxy groups -OCH3 is 4. The lowest BCUT2D eigenvalue weighted by molar-refractivity contribution is 0.103. The molecule has 0 bridgehead atoms. The van der Waals surface area contributed by atoms with Crippen LogP contribution in [0.3, 0.4) is 0 Å². The fraction of sp³-hybridized carbons (Fsp3) is 0.569. The summed E-state index contributed by atoms with van der Waals surface area (Å²) in [7, 11) is -5.77. The number of fused-ring (bicyclic) bond motifs is 4. The summed E-state index contributed by atoms with van der Waals surface area (Å²) in [6.45, 7) is 17.4. The van der Waals surface area contributed by atoms with Gasteiger partial charge in [-0.2, -0.15) is 0 Å². The maximum absolute atomic E-state index is 13.2. The van der Waals surface area contributed by atoms with Crippen LogP contribution in [0.5, 0.6) is 0 Å². The Morgan fingerprint density at radius 3 is 1.11 bits per heavy atom. The number of thiophene rings is 4. The van der Waals surface area contributed by atoms with Crippen molar-refractivity contribution in [3.8, 4) is 0 Å². The molecule has 1 N–H and O–H groups in total. The second-order valence-corrected chi connectivity index (χ2v) is 39.7. The number of ether oxygens (including phenoxy) is 4. The van der Waals surface area contributed by atoms with Crippen LogP contribution in [-0.4, -0.2) is 163 Å². The lowest BCUT2D eigenvalue weighted by Gasteiger charge is -2.34. The first kappa shape index (κ1) is 72.6. The van der Waals surface area contributed by atoms with E-state index >= 15 is 0 Å². The van der Waals surface area contributed by atoms with Crippen LogP contribution in [0.25, 0.3) is 0 Å². The number of aromatic nitrogens is 2. The molecule has 8 atom stereocenters. The van der Waals surface area contributed by atoms with Gasteiger partial charge < -0.3 is 43.0 Å². The number of amides is 4. The molecule has 0 aliphatic carbocycles. The van der Waals surface area contributed by atoms with E-state index in [4.69, 9.17) is 23.4 Å². The first-order valence-electron chi connectivity index (χ1n) is 26.8. The predicted octanol–water partition coefficient (Wildman–Crippen LogP) is 13.0. The summed E-state index contributed by atoms with van der Waals surface area (Å²) in [5.74, 6) is 0.574. The summed E-state index contributed by atoms with van der Waals surface area (Å²) in [4.78, 5) is 55.2. The summed E-state index contributed by atoms with van der Waals surface area (Å²) in [6, 6.07) is 5.75. The number of halogens is 1. The number of sulfone groups is 4. The van der Waals surface area contributed by atoms with Crippen molar-refractivity contribution in [1.29, 1.82) is 0 Å². The average Bonchev–Trinajstić information content (AvgIpc) is 1.81. The highest BCUT2D eigenvalue weighted by Crippen LogP contribution is 2.54. The standard InChI is InChI=1S/C24H32N2O8S6.C12H16BrNO4S2.C12H17NO4S3.C3H4N2OS/c1-7-25(23(27)33-5)17-9-13(3)39(29,30)21-15(17)11-19(35-21)37-38-20-12-16-18(26(8-2)24(28)34-6)10-14(4)40(31,32)22(16)36-20;1-4-14(12(15)18-3)9-5-7(2)20(16,17)11-8(9)6-10(13)19-11;1-4-13(12(14)17-3)9-5-7(2)20(15,16)11-8(9)6-10(18)19-11;1-2-4-5-3(7)6-2/h11-14,17-18H,7-10H2,1-6H3;6-7,9H,4-5H2,1-3H3;6-7,9,18H,4-5H2,1-3H3;1H3,(H,5,7)/t13-,14-,17-,18-;2*7-,9-;/m000./s1. The first-order chi connectivity index (χ1) is 40.7. The molecule has 0 unspecified atom stereocenters. The molecule has 0 saturated heterocycles. The smallest absolute Gasteiger partial charge is 0.409 e. The molecule has 5 aromatic rings. The molecule has 9 heterocycles. The van der Waals surface area contributed by atoms with Gasteiger partial charge in [-0.3, -0.25) is 0 Å². The van der Waals surface area contributed by atoms with Crippen LogP contribution in [0.4, 0.5) is 19.2 Å². The van der Waals surface area contributed by atoms with Crippen LogP contribution >= 0.6 is 108 Å². The number of nitrogens with one attached hydrogen (secondary N) is 1. The third-order valence-electron chi connectivity index (χ3n) is 14.9. The lowest BCUT2D eigenvalue weighted by Crippen LogP contribution is -2.40. The van der Waals surface area contributed by atoms with Crippen molar-refractivity contribution in [3.63, 3.8) is 0 Å². The Morgan fingerprint density at radius 1 is 0.563 bits per heavy atom.